The lowest BCUT2D eigenvalue weighted by molar-refractivity contribution is 0.102. The maximum absolute atomic E-state index is 12.4. The summed E-state index contributed by atoms with van der Waals surface area (Å²) in [5.74, 6) is -0.230. The molecule has 0 aliphatic rings. The molecule has 0 bridgehead atoms. The highest BCUT2D eigenvalue weighted by atomic mass is 79.9. The van der Waals surface area contributed by atoms with Crippen molar-refractivity contribution in [3.8, 4) is 10.4 Å². The molecule has 0 saturated heterocycles. The number of halogens is 1. The van der Waals surface area contributed by atoms with Gasteiger partial charge in [-0.2, -0.15) is 0 Å². The number of carbonyl (C=O) groups excluding carboxylic acids is 1. The minimum Gasteiger partial charge on any atom is -0.320 e. The number of para-hydroxylation sites is 1. The number of nitrogens with one attached hydrogen (secondary N) is 1. The smallest absolute Gasteiger partial charge is 0.275 e. The molecule has 104 valence electrons. The number of thiophene rings is 1. The van der Waals surface area contributed by atoms with E-state index in [-0.39, 0.29) is 5.91 Å². The van der Waals surface area contributed by atoms with Crippen LogP contribution in [-0.2, 0) is 0 Å². The summed E-state index contributed by atoms with van der Waals surface area (Å²) in [5, 5.41) is 4.95. The molecule has 1 aromatic carbocycles. The van der Waals surface area contributed by atoms with Crippen molar-refractivity contribution in [1.82, 2.24) is 4.98 Å². The lowest BCUT2D eigenvalue weighted by Gasteiger charge is -2.10. The van der Waals surface area contributed by atoms with Crippen LogP contribution in [-0.4, -0.2) is 10.9 Å². The van der Waals surface area contributed by atoms with Crippen LogP contribution in [0.1, 0.15) is 10.5 Å². The summed E-state index contributed by atoms with van der Waals surface area (Å²) in [5.41, 5.74) is 2.16. The molecule has 3 nitrogen and oxygen atoms in total. The van der Waals surface area contributed by atoms with Crippen LogP contribution in [0.4, 0.5) is 5.69 Å². The van der Waals surface area contributed by atoms with E-state index in [0.717, 1.165) is 16.1 Å². The van der Waals surface area contributed by atoms with Crippen LogP contribution in [0.25, 0.3) is 10.4 Å². The van der Waals surface area contributed by atoms with E-state index in [0.29, 0.717) is 10.2 Å². The van der Waals surface area contributed by atoms with Gasteiger partial charge in [0.2, 0.25) is 0 Å². The van der Waals surface area contributed by atoms with Crippen molar-refractivity contribution in [3.05, 3.63) is 70.3 Å². The molecule has 2 heterocycles. The largest absolute Gasteiger partial charge is 0.320 e. The van der Waals surface area contributed by atoms with E-state index in [1.165, 1.54) is 0 Å². The minimum atomic E-state index is -0.230. The summed E-state index contributed by atoms with van der Waals surface area (Å²) in [7, 11) is 0. The lowest BCUT2D eigenvalue weighted by Crippen LogP contribution is -2.14. The topological polar surface area (TPSA) is 42.0 Å². The number of aromatic nitrogens is 1. The van der Waals surface area contributed by atoms with Gasteiger partial charge in [0.15, 0.2) is 0 Å². The molecule has 0 radical (unpaired) electrons. The SMILES string of the molecule is O=C(Nc1ccccc1-c1cccs1)c1ncccc1Br. The fourth-order valence-electron chi connectivity index (χ4n) is 1.97. The van der Waals surface area contributed by atoms with Gasteiger partial charge in [-0.1, -0.05) is 24.3 Å². The van der Waals surface area contributed by atoms with E-state index in [1.807, 2.05) is 41.8 Å². The van der Waals surface area contributed by atoms with Crippen LogP contribution in [0.2, 0.25) is 0 Å². The fourth-order valence-corrected chi connectivity index (χ4v) is 3.17. The highest BCUT2D eigenvalue weighted by Crippen LogP contribution is 2.31. The second-order valence-corrected chi connectivity index (χ2v) is 6.11. The van der Waals surface area contributed by atoms with E-state index < -0.39 is 0 Å². The Hall–Kier alpha value is -1.98. The Kier molecular flexibility index (Phi) is 4.13. The molecule has 0 saturated carbocycles. The van der Waals surface area contributed by atoms with Gasteiger partial charge in [-0.15, -0.1) is 11.3 Å². The quantitative estimate of drug-likeness (QED) is 0.728. The van der Waals surface area contributed by atoms with Crippen LogP contribution in [0.5, 0.6) is 0 Å². The van der Waals surface area contributed by atoms with Crippen LogP contribution < -0.4 is 5.32 Å². The van der Waals surface area contributed by atoms with Crippen molar-refractivity contribution in [2.75, 3.05) is 5.32 Å². The summed E-state index contributed by atoms with van der Waals surface area (Å²) in [4.78, 5) is 17.6. The van der Waals surface area contributed by atoms with E-state index in [2.05, 4.69) is 26.2 Å². The number of hydrogen-bond donors (Lipinski definition) is 1. The minimum absolute atomic E-state index is 0.230. The number of rotatable bonds is 3. The summed E-state index contributed by atoms with van der Waals surface area (Å²) in [6, 6.07) is 15.4. The molecule has 0 atom stereocenters. The third kappa shape index (κ3) is 3.04. The molecule has 0 spiro atoms. The van der Waals surface area contributed by atoms with Gasteiger partial charge in [0, 0.05) is 26.8 Å². The van der Waals surface area contributed by atoms with Crippen molar-refractivity contribution < 1.29 is 4.79 Å². The Labute approximate surface area is 134 Å². The third-order valence-corrected chi connectivity index (χ3v) is 4.48. The predicted octanol–water partition coefficient (Wildman–Crippen LogP) is 4.82. The van der Waals surface area contributed by atoms with Gasteiger partial charge >= 0.3 is 0 Å². The summed E-state index contributed by atoms with van der Waals surface area (Å²) in [6.07, 6.45) is 1.60. The van der Waals surface area contributed by atoms with Crippen LogP contribution in [0, 0.1) is 0 Å². The number of anilines is 1. The van der Waals surface area contributed by atoms with E-state index >= 15 is 0 Å². The second kappa shape index (κ2) is 6.20. The predicted molar refractivity (Wildman–Crippen MR) is 89.6 cm³/mol. The van der Waals surface area contributed by atoms with Crippen molar-refractivity contribution in [3.63, 3.8) is 0 Å². The van der Waals surface area contributed by atoms with Crippen molar-refractivity contribution in [2.24, 2.45) is 0 Å². The van der Waals surface area contributed by atoms with Crippen LogP contribution in [0.3, 0.4) is 0 Å². The zero-order chi connectivity index (χ0) is 14.7. The monoisotopic (exact) mass is 358 g/mol. The van der Waals surface area contributed by atoms with Gasteiger partial charge in [-0.3, -0.25) is 4.79 Å². The summed E-state index contributed by atoms with van der Waals surface area (Å²) >= 11 is 4.99. The number of amides is 1. The maximum Gasteiger partial charge on any atom is 0.275 e. The van der Waals surface area contributed by atoms with E-state index in [1.54, 1.807) is 29.7 Å². The molecule has 3 rings (SSSR count). The van der Waals surface area contributed by atoms with Gasteiger partial charge in [-0.05, 0) is 45.6 Å². The molecule has 0 unspecified atom stereocenters. The van der Waals surface area contributed by atoms with Crippen LogP contribution >= 0.6 is 27.3 Å². The zero-order valence-corrected chi connectivity index (χ0v) is 13.3. The van der Waals surface area contributed by atoms with Gasteiger partial charge in [0.05, 0.1) is 0 Å². The number of pyridine rings is 1. The standard InChI is InChI=1S/C16H11BrN2OS/c17-12-6-3-9-18-15(12)16(20)19-13-7-2-1-5-11(13)14-8-4-10-21-14/h1-10H,(H,19,20). The number of carbonyl (C=O) groups is 1. The van der Waals surface area contributed by atoms with Gasteiger partial charge in [-0.25, -0.2) is 4.98 Å². The molecular weight excluding hydrogens is 348 g/mol. The Morgan fingerprint density at radius 1 is 1.10 bits per heavy atom. The first-order chi connectivity index (χ1) is 10.3. The summed E-state index contributed by atoms with van der Waals surface area (Å²) in [6.45, 7) is 0. The van der Waals surface area contributed by atoms with Gasteiger partial charge in [0.1, 0.15) is 5.69 Å². The Morgan fingerprint density at radius 2 is 1.95 bits per heavy atom. The number of nitrogens with zero attached hydrogens (tertiary/aromatic N) is 1. The van der Waals surface area contributed by atoms with Crippen LogP contribution in [0.15, 0.2) is 64.6 Å². The van der Waals surface area contributed by atoms with Gasteiger partial charge in [0.25, 0.3) is 5.91 Å². The first-order valence-electron chi connectivity index (χ1n) is 6.30. The first-order valence-corrected chi connectivity index (χ1v) is 7.98. The normalized spacial score (nSPS) is 10.3. The third-order valence-electron chi connectivity index (χ3n) is 2.94. The number of hydrogen-bond acceptors (Lipinski definition) is 3. The van der Waals surface area contributed by atoms with Gasteiger partial charge < -0.3 is 5.32 Å². The average molecular weight is 359 g/mol. The molecule has 0 fully saturated rings. The molecule has 2 aromatic heterocycles. The molecule has 0 aliphatic heterocycles. The van der Waals surface area contributed by atoms with E-state index in [9.17, 15) is 4.79 Å². The molecule has 3 aromatic rings. The summed E-state index contributed by atoms with van der Waals surface area (Å²) < 4.78 is 0.677. The average Bonchev–Trinajstić information content (AvgIpc) is 3.02. The van der Waals surface area contributed by atoms with Crippen molar-refractivity contribution in [2.45, 2.75) is 0 Å². The lowest BCUT2D eigenvalue weighted by atomic mass is 10.1. The molecule has 21 heavy (non-hydrogen) atoms. The Morgan fingerprint density at radius 3 is 2.71 bits per heavy atom. The maximum atomic E-state index is 12.4. The highest BCUT2D eigenvalue weighted by Gasteiger charge is 2.13. The Bertz CT molecular complexity index is 771. The first kappa shape index (κ1) is 14.0. The molecule has 5 heteroatoms. The Balaban J connectivity index is 1.93. The van der Waals surface area contributed by atoms with E-state index in [4.69, 9.17) is 0 Å². The molecule has 1 amide bonds. The molecule has 0 aliphatic carbocycles. The second-order valence-electron chi connectivity index (χ2n) is 4.31. The van der Waals surface area contributed by atoms with Crippen molar-refractivity contribution >= 4 is 38.9 Å². The molecule has 1 N–H and O–H groups in total. The zero-order valence-electron chi connectivity index (χ0n) is 10.9. The fraction of sp³-hybridized carbons (Fsp3) is 0. The number of benzene rings is 1. The highest BCUT2D eigenvalue weighted by molar-refractivity contribution is 9.10. The molecular formula is C16H11BrN2OS. The van der Waals surface area contributed by atoms with Crippen molar-refractivity contribution in [1.29, 1.82) is 0 Å².